The lowest BCUT2D eigenvalue weighted by Gasteiger charge is -2.20. The van der Waals surface area contributed by atoms with Crippen LogP contribution in [0.1, 0.15) is 24.8 Å². The highest BCUT2D eigenvalue weighted by atomic mass is 79.9. The molecule has 1 aliphatic heterocycles. The zero-order valence-corrected chi connectivity index (χ0v) is 16.5. The summed E-state index contributed by atoms with van der Waals surface area (Å²) in [5, 5.41) is 3.92. The minimum absolute atomic E-state index is 0.251. The maximum absolute atomic E-state index is 13.1. The topological polar surface area (TPSA) is 76.3 Å². The van der Waals surface area contributed by atoms with Crippen LogP contribution in [0.25, 0.3) is 11.4 Å². The monoisotopic (exact) mass is 457 g/mol. The molecule has 136 valence electrons. The van der Waals surface area contributed by atoms with Crippen LogP contribution in [0.2, 0.25) is 0 Å². The molecule has 2 aromatic heterocycles. The molecule has 10 heteroatoms. The van der Waals surface area contributed by atoms with Crippen LogP contribution < -0.4 is 0 Å². The number of sulfonamides is 1. The SMILES string of the molecule is O=S(=O)(c1ccc(Br)s1)N1CCC[C@@H]1c1nc(-c2ccc(F)cc2)no1. The maximum Gasteiger partial charge on any atom is 0.253 e. The summed E-state index contributed by atoms with van der Waals surface area (Å²) in [6.45, 7) is 0.400. The second-order valence-corrected chi connectivity index (χ2v) is 10.4. The van der Waals surface area contributed by atoms with Crippen molar-refractivity contribution in [2.75, 3.05) is 6.54 Å². The van der Waals surface area contributed by atoms with E-state index in [0.29, 0.717) is 30.8 Å². The molecule has 0 radical (unpaired) electrons. The smallest absolute Gasteiger partial charge is 0.253 e. The minimum Gasteiger partial charge on any atom is -0.337 e. The van der Waals surface area contributed by atoms with Gasteiger partial charge in [0.1, 0.15) is 16.1 Å². The Balaban J connectivity index is 1.64. The fraction of sp³-hybridized carbons (Fsp3) is 0.250. The van der Waals surface area contributed by atoms with Crippen molar-refractivity contribution < 1.29 is 17.3 Å². The summed E-state index contributed by atoms with van der Waals surface area (Å²) in [4.78, 5) is 4.34. The summed E-state index contributed by atoms with van der Waals surface area (Å²) in [6, 6.07) is 8.52. The first kappa shape index (κ1) is 17.8. The number of benzene rings is 1. The Kier molecular flexibility index (Phi) is 4.68. The van der Waals surface area contributed by atoms with Gasteiger partial charge in [0.2, 0.25) is 11.7 Å². The predicted molar refractivity (Wildman–Crippen MR) is 97.6 cm³/mol. The van der Waals surface area contributed by atoms with Gasteiger partial charge >= 0.3 is 0 Å². The number of thiophene rings is 1. The molecule has 0 aliphatic carbocycles. The molecule has 1 atom stereocenters. The molecule has 1 aromatic carbocycles. The molecule has 0 bridgehead atoms. The molecule has 3 heterocycles. The first-order chi connectivity index (χ1) is 12.4. The van der Waals surface area contributed by atoms with Crippen molar-refractivity contribution >= 4 is 37.3 Å². The lowest BCUT2D eigenvalue weighted by molar-refractivity contribution is 0.291. The van der Waals surface area contributed by atoms with E-state index in [1.54, 1.807) is 24.3 Å². The fourth-order valence-corrected chi connectivity index (χ4v) is 6.70. The van der Waals surface area contributed by atoms with E-state index in [9.17, 15) is 12.8 Å². The second-order valence-electron chi connectivity index (χ2n) is 5.80. The van der Waals surface area contributed by atoms with Gasteiger partial charge in [0.15, 0.2) is 0 Å². The summed E-state index contributed by atoms with van der Waals surface area (Å²) in [6.07, 6.45) is 1.32. The van der Waals surface area contributed by atoms with Gasteiger partial charge in [-0.15, -0.1) is 11.3 Å². The largest absolute Gasteiger partial charge is 0.337 e. The van der Waals surface area contributed by atoms with Gasteiger partial charge in [0.25, 0.3) is 10.0 Å². The lowest BCUT2D eigenvalue weighted by Crippen LogP contribution is -2.30. The molecule has 1 saturated heterocycles. The Labute approximate surface area is 161 Å². The third-order valence-corrected chi connectivity index (χ3v) is 8.14. The van der Waals surface area contributed by atoms with Gasteiger partial charge in [-0.1, -0.05) is 5.16 Å². The van der Waals surface area contributed by atoms with Crippen LogP contribution in [0, 0.1) is 5.82 Å². The van der Waals surface area contributed by atoms with Crippen molar-refractivity contribution in [2.24, 2.45) is 0 Å². The van der Waals surface area contributed by atoms with E-state index in [1.807, 2.05) is 0 Å². The Morgan fingerprint density at radius 1 is 1.23 bits per heavy atom. The first-order valence-corrected chi connectivity index (χ1v) is 10.9. The summed E-state index contributed by atoms with van der Waals surface area (Å²) >= 11 is 4.46. The molecule has 1 fully saturated rings. The van der Waals surface area contributed by atoms with Crippen LogP contribution in [0.15, 0.2) is 48.9 Å². The minimum atomic E-state index is -3.63. The Hall–Kier alpha value is -1.62. The van der Waals surface area contributed by atoms with Gasteiger partial charge in [0.05, 0.1) is 3.79 Å². The van der Waals surface area contributed by atoms with Crippen molar-refractivity contribution in [1.29, 1.82) is 0 Å². The number of aromatic nitrogens is 2. The molecule has 0 spiro atoms. The predicted octanol–water partition coefficient (Wildman–Crippen LogP) is 4.23. The first-order valence-electron chi connectivity index (χ1n) is 7.82. The highest BCUT2D eigenvalue weighted by Gasteiger charge is 2.40. The van der Waals surface area contributed by atoms with E-state index >= 15 is 0 Å². The summed E-state index contributed by atoms with van der Waals surface area (Å²) in [7, 11) is -3.63. The van der Waals surface area contributed by atoms with Gasteiger partial charge in [-0.3, -0.25) is 0 Å². The third kappa shape index (κ3) is 3.22. The van der Waals surface area contributed by atoms with Crippen LogP contribution in [-0.4, -0.2) is 29.4 Å². The van der Waals surface area contributed by atoms with Gasteiger partial charge in [-0.05, 0) is 65.2 Å². The number of halogens is 2. The standard InChI is InChI=1S/C16H13BrFN3O3S2/c17-13-7-8-14(25-13)26(22,23)21-9-1-2-12(21)16-19-15(20-24-16)10-3-5-11(18)6-4-10/h3-8,12H,1-2,9H2/t12-/m1/s1. The van der Waals surface area contributed by atoms with Crippen LogP contribution in [0.4, 0.5) is 4.39 Å². The van der Waals surface area contributed by atoms with Crippen LogP contribution in [-0.2, 0) is 10.0 Å². The number of hydrogen-bond acceptors (Lipinski definition) is 6. The van der Waals surface area contributed by atoms with Gasteiger partial charge < -0.3 is 4.52 Å². The highest BCUT2D eigenvalue weighted by molar-refractivity contribution is 9.11. The summed E-state index contributed by atoms with van der Waals surface area (Å²) < 4.78 is 46.7. The average molecular weight is 458 g/mol. The molecule has 4 rings (SSSR count). The quantitative estimate of drug-likeness (QED) is 0.585. The molecule has 1 aliphatic rings. The number of hydrogen-bond donors (Lipinski definition) is 0. The van der Waals surface area contributed by atoms with Crippen molar-refractivity contribution in [3.05, 3.63) is 51.9 Å². The zero-order valence-electron chi connectivity index (χ0n) is 13.3. The molecule has 0 N–H and O–H groups in total. The molecule has 0 unspecified atom stereocenters. The third-order valence-electron chi connectivity index (χ3n) is 4.14. The molecule has 6 nitrogen and oxygen atoms in total. The molecule has 3 aromatic rings. The second kappa shape index (κ2) is 6.84. The van der Waals surface area contributed by atoms with Crippen LogP contribution in [0.3, 0.4) is 0 Å². The van der Waals surface area contributed by atoms with E-state index in [-0.39, 0.29) is 15.9 Å². The lowest BCUT2D eigenvalue weighted by atomic mass is 10.2. The molecular formula is C16H13BrFN3O3S2. The van der Waals surface area contributed by atoms with Gasteiger partial charge in [0, 0.05) is 12.1 Å². The summed E-state index contributed by atoms with van der Waals surface area (Å²) in [5.41, 5.74) is 0.607. The van der Waals surface area contributed by atoms with Crippen molar-refractivity contribution in [3.63, 3.8) is 0 Å². The number of nitrogens with zero attached hydrogens (tertiary/aromatic N) is 3. The average Bonchev–Trinajstić information content (AvgIpc) is 3.35. The molecule has 0 amide bonds. The Bertz CT molecular complexity index is 1030. The highest BCUT2D eigenvalue weighted by Crippen LogP contribution is 2.38. The van der Waals surface area contributed by atoms with E-state index in [1.165, 1.54) is 27.8 Å². The van der Waals surface area contributed by atoms with E-state index in [4.69, 9.17) is 4.52 Å². The molecular weight excluding hydrogens is 445 g/mol. The van der Waals surface area contributed by atoms with E-state index in [2.05, 4.69) is 26.1 Å². The molecule has 0 saturated carbocycles. The van der Waals surface area contributed by atoms with E-state index in [0.717, 1.165) is 3.79 Å². The normalized spacial score (nSPS) is 18.5. The van der Waals surface area contributed by atoms with E-state index < -0.39 is 16.1 Å². The van der Waals surface area contributed by atoms with Crippen molar-refractivity contribution in [1.82, 2.24) is 14.4 Å². The van der Waals surface area contributed by atoms with Crippen LogP contribution >= 0.6 is 27.3 Å². The van der Waals surface area contributed by atoms with Gasteiger partial charge in [-0.25, -0.2) is 12.8 Å². The Morgan fingerprint density at radius 2 is 2.00 bits per heavy atom. The van der Waals surface area contributed by atoms with Crippen molar-refractivity contribution in [2.45, 2.75) is 23.1 Å². The molecule has 26 heavy (non-hydrogen) atoms. The number of rotatable bonds is 4. The van der Waals surface area contributed by atoms with Crippen molar-refractivity contribution in [3.8, 4) is 11.4 Å². The Morgan fingerprint density at radius 3 is 2.69 bits per heavy atom. The van der Waals surface area contributed by atoms with Crippen LogP contribution in [0.5, 0.6) is 0 Å². The fourth-order valence-electron chi connectivity index (χ4n) is 2.91. The summed E-state index contributed by atoms with van der Waals surface area (Å²) in [5.74, 6) is 0.205. The zero-order chi connectivity index (χ0) is 18.3. The maximum atomic E-state index is 13.1. The van der Waals surface area contributed by atoms with Gasteiger partial charge in [-0.2, -0.15) is 9.29 Å².